The van der Waals surface area contributed by atoms with E-state index in [-0.39, 0.29) is 16.4 Å². The monoisotopic (exact) mass is 394 g/mol. The number of aliphatic hydroxyl groups excluding tert-OH is 3. The number of hydrogen-bond donors (Lipinski definition) is 4. The minimum Gasteiger partial charge on any atom is -0.387 e. The van der Waals surface area contributed by atoms with Gasteiger partial charge in [-0.2, -0.15) is 0 Å². The fraction of sp³-hybridized carbons (Fsp3) is 0.294. The standard InChI is InChI=1S/C17H16ClFN4O4/c18-7-1-2-8(10(19)5-7)11(24)14-12(25)13(26)17(27-14)23-4-3-9-15(20)21-6-22-16(9)23/h1-6,11-14,17,24-26H,(H2,20,21,22)/t11?,12-,13+,14+,17+/m0/s1. The van der Waals surface area contributed by atoms with Gasteiger partial charge in [-0.3, -0.25) is 0 Å². The second-order valence-corrected chi connectivity index (χ2v) is 6.74. The Balaban J connectivity index is 1.67. The predicted molar refractivity (Wildman–Crippen MR) is 94.2 cm³/mol. The van der Waals surface area contributed by atoms with E-state index >= 15 is 0 Å². The first-order valence-corrected chi connectivity index (χ1v) is 8.48. The van der Waals surface area contributed by atoms with Gasteiger partial charge in [0, 0.05) is 16.8 Å². The number of hydrogen-bond acceptors (Lipinski definition) is 7. The van der Waals surface area contributed by atoms with Crippen molar-refractivity contribution in [2.75, 3.05) is 5.73 Å². The molecule has 0 spiro atoms. The molecule has 3 aromatic rings. The molecule has 3 heterocycles. The quantitative estimate of drug-likeness (QED) is 0.525. The highest BCUT2D eigenvalue weighted by atomic mass is 35.5. The van der Waals surface area contributed by atoms with E-state index in [1.165, 1.54) is 23.0 Å². The molecular formula is C17H16ClFN4O4. The van der Waals surface area contributed by atoms with Crippen molar-refractivity contribution in [1.29, 1.82) is 0 Å². The molecule has 27 heavy (non-hydrogen) atoms. The summed E-state index contributed by atoms with van der Waals surface area (Å²) in [7, 11) is 0. The van der Waals surface area contributed by atoms with E-state index in [0.29, 0.717) is 11.0 Å². The van der Waals surface area contributed by atoms with Gasteiger partial charge in [0.1, 0.15) is 48.0 Å². The van der Waals surface area contributed by atoms with Gasteiger partial charge in [0.15, 0.2) is 6.23 Å². The number of nitrogen functional groups attached to an aromatic ring is 1. The van der Waals surface area contributed by atoms with E-state index < -0.39 is 36.5 Å². The number of benzene rings is 1. The molecule has 1 aliphatic heterocycles. The highest BCUT2D eigenvalue weighted by Gasteiger charge is 2.48. The summed E-state index contributed by atoms with van der Waals surface area (Å²) in [5.74, 6) is -0.484. The first-order chi connectivity index (χ1) is 12.9. The topological polar surface area (TPSA) is 127 Å². The van der Waals surface area contributed by atoms with Gasteiger partial charge in [0.25, 0.3) is 0 Å². The highest BCUT2D eigenvalue weighted by Crippen LogP contribution is 2.38. The zero-order valence-electron chi connectivity index (χ0n) is 13.8. The van der Waals surface area contributed by atoms with Crippen LogP contribution in [0, 0.1) is 5.82 Å². The first kappa shape index (κ1) is 18.1. The van der Waals surface area contributed by atoms with Gasteiger partial charge < -0.3 is 30.4 Å². The van der Waals surface area contributed by atoms with Crippen LogP contribution in [0.3, 0.4) is 0 Å². The van der Waals surface area contributed by atoms with Gasteiger partial charge >= 0.3 is 0 Å². The van der Waals surface area contributed by atoms with Crippen molar-refractivity contribution < 1.29 is 24.4 Å². The van der Waals surface area contributed by atoms with Crippen LogP contribution in [0.4, 0.5) is 10.2 Å². The Bertz CT molecular complexity index is 1000. The van der Waals surface area contributed by atoms with Crippen molar-refractivity contribution >= 4 is 28.5 Å². The van der Waals surface area contributed by atoms with Crippen LogP contribution >= 0.6 is 11.6 Å². The summed E-state index contributed by atoms with van der Waals surface area (Å²) in [5, 5.41) is 32.1. The smallest absolute Gasteiger partial charge is 0.164 e. The van der Waals surface area contributed by atoms with E-state index in [0.717, 1.165) is 6.07 Å². The summed E-state index contributed by atoms with van der Waals surface area (Å²) in [6.45, 7) is 0. The zero-order valence-corrected chi connectivity index (χ0v) is 14.5. The summed E-state index contributed by atoms with van der Waals surface area (Å²) >= 11 is 5.72. The highest BCUT2D eigenvalue weighted by molar-refractivity contribution is 6.30. The summed E-state index contributed by atoms with van der Waals surface area (Å²) in [6.07, 6.45) is -3.84. The second kappa shape index (κ2) is 6.70. The van der Waals surface area contributed by atoms with Crippen LogP contribution in [-0.2, 0) is 4.74 Å². The molecule has 0 amide bonds. The molecule has 0 bridgehead atoms. The molecule has 1 saturated heterocycles. The zero-order chi connectivity index (χ0) is 19.3. The molecule has 0 saturated carbocycles. The maximum Gasteiger partial charge on any atom is 0.164 e. The third kappa shape index (κ3) is 2.93. The Morgan fingerprint density at radius 1 is 1.22 bits per heavy atom. The van der Waals surface area contributed by atoms with Crippen molar-refractivity contribution in [2.24, 2.45) is 0 Å². The minimum atomic E-state index is -1.52. The molecule has 2 aromatic heterocycles. The van der Waals surface area contributed by atoms with Crippen LogP contribution in [0.25, 0.3) is 11.0 Å². The normalized spacial score (nSPS) is 26.6. The van der Waals surface area contributed by atoms with Gasteiger partial charge in [-0.1, -0.05) is 17.7 Å². The maximum atomic E-state index is 14.1. The summed E-state index contributed by atoms with van der Waals surface area (Å²) in [4.78, 5) is 8.01. The molecule has 142 valence electrons. The second-order valence-electron chi connectivity index (χ2n) is 6.30. The number of fused-ring (bicyclic) bond motifs is 1. The molecule has 5 N–H and O–H groups in total. The van der Waals surface area contributed by atoms with Crippen LogP contribution < -0.4 is 5.73 Å². The van der Waals surface area contributed by atoms with Gasteiger partial charge in [0.05, 0.1) is 5.39 Å². The van der Waals surface area contributed by atoms with Crippen LogP contribution in [0.5, 0.6) is 0 Å². The number of anilines is 1. The fourth-order valence-corrected chi connectivity index (χ4v) is 3.45. The number of aliphatic hydroxyl groups is 3. The lowest BCUT2D eigenvalue weighted by Crippen LogP contribution is -2.35. The Morgan fingerprint density at radius 2 is 2.00 bits per heavy atom. The minimum absolute atomic E-state index is 0.0970. The van der Waals surface area contributed by atoms with Gasteiger partial charge in [-0.25, -0.2) is 14.4 Å². The molecule has 1 aromatic carbocycles. The van der Waals surface area contributed by atoms with Gasteiger partial charge in [-0.15, -0.1) is 0 Å². The lowest BCUT2D eigenvalue weighted by Gasteiger charge is -2.22. The SMILES string of the molecule is Nc1ncnc2c1ccn2[C@@H]1O[C@H](C(O)c2ccc(Cl)cc2F)[C@@H](O)[C@H]1O. The van der Waals surface area contributed by atoms with Crippen molar-refractivity contribution in [3.8, 4) is 0 Å². The molecule has 10 heteroatoms. The Kier molecular flexibility index (Phi) is 4.49. The Labute approximate surface area is 157 Å². The van der Waals surface area contributed by atoms with Crippen molar-refractivity contribution in [1.82, 2.24) is 14.5 Å². The fourth-order valence-electron chi connectivity index (χ4n) is 3.29. The van der Waals surface area contributed by atoms with Crippen LogP contribution in [-0.4, -0.2) is 48.2 Å². The van der Waals surface area contributed by atoms with Gasteiger partial charge in [0.2, 0.25) is 0 Å². The summed E-state index contributed by atoms with van der Waals surface area (Å²) < 4.78 is 21.3. The molecular weight excluding hydrogens is 379 g/mol. The molecule has 4 rings (SSSR count). The predicted octanol–water partition coefficient (Wildman–Crippen LogP) is 1.16. The molecule has 0 radical (unpaired) electrons. The van der Waals surface area contributed by atoms with E-state index in [1.54, 1.807) is 12.3 Å². The van der Waals surface area contributed by atoms with E-state index in [2.05, 4.69) is 9.97 Å². The maximum absolute atomic E-state index is 14.1. The Morgan fingerprint density at radius 3 is 2.74 bits per heavy atom. The molecule has 1 fully saturated rings. The van der Waals surface area contributed by atoms with Crippen molar-refractivity contribution in [2.45, 2.75) is 30.6 Å². The molecule has 1 unspecified atom stereocenters. The van der Waals surface area contributed by atoms with E-state index in [4.69, 9.17) is 22.1 Å². The number of halogens is 2. The molecule has 0 aliphatic carbocycles. The van der Waals surface area contributed by atoms with Crippen LogP contribution in [0.2, 0.25) is 5.02 Å². The van der Waals surface area contributed by atoms with E-state index in [1.807, 2.05) is 0 Å². The Hall–Kier alpha value is -2.30. The third-order valence-electron chi connectivity index (χ3n) is 4.68. The molecule has 8 nitrogen and oxygen atoms in total. The number of ether oxygens (including phenoxy) is 1. The number of nitrogens with two attached hydrogens (primary N) is 1. The molecule has 5 atom stereocenters. The number of nitrogens with zero attached hydrogens (tertiary/aromatic N) is 3. The van der Waals surface area contributed by atoms with Crippen LogP contribution in [0.1, 0.15) is 17.9 Å². The van der Waals surface area contributed by atoms with Crippen LogP contribution in [0.15, 0.2) is 36.8 Å². The summed E-state index contributed by atoms with van der Waals surface area (Å²) in [5.41, 5.74) is 6.10. The average Bonchev–Trinajstić information content (AvgIpc) is 3.18. The van der Waals surface area contributed by atoms with Crippen molar-refractivity contribution in [3.63, 3.8) is 0 Å². The average molecular weight is 395 g/mol. The molecule has 1 aliphatic rings. The number of rotatable bonds is 3. The number of aromatic nitrogens is 3. The lowest BCUT2D eigenvalue weighted by atomic mass is 9.99. The summed E-state index contributed by atoms with van der Waals surface area (Å²) in [6, 6.07) is 5.42. The van der Waals surface area contributed by atoms with Gasteiger partial charge in [-0.05, 0) is 18.2 Å². The van der Waals surface area contributed by atoms with Crippen molar-refractivity contribution in [3.05, 3.63) is 53.2 Å². The van der Waals surface area contributed by atoms with E-state index in [9.17, 15) is 19.7 Å². The largest absolute Gasteiger partial charge is 0.387 e. The first-order valence-electron chi connectivity index (χ1n) is 8.10. The lowest BCUT2D eigenvalue weighted by molar-refractivity contribution is -0.0856. The third-order valence-corrected chi connectivity index (χ3v) is 4.92.